The van der Waals surface area contributed by atoms with Gasteiger partial charge in [-0.3, -0.25) is 4.79 Å². The van der Waals surface area contributed by atoms with E-state index in [9.17, 15) is 13.6 Å². The predicted molar refractivity (Wildman–Crippen MR) is 65.9 cm³/mol. The number of alkyl halides is 2. The van der Waals surface area contributed by atoms with Crippen molar-refractivity contribution in [1.82, 2.24) is 4.90 Å². The minimum Gasteiger partial charge on any atom is -0.306 e. The molecular weight excluding hydrogens is 236 g/mol. The molecule has 1 heterocycles. The molecule has 1 saturated heterocycles. The first kappa shape index (κ1) is 13.1. The van der Waals surface area contributed by atoms with E-state index in [0.717, 1.165) is 0 Å². The minimum atomic E-state index is -2.85. The van der Waals surface area contributed by atoms with Crippen LogP contribution in [0, 0.1) is 5.92 Å². The Labute approximate surface area is 106 Å². The molecule has 0 atom stereocenters. The van der Waals surface area contributed by atoms with Crippen molar-refractivity contribution in [2.45, 2.75) is 18.8 Å². The monoisotopic (exact) mass is 253 g/mol. The van der Waals surface area contributed by atoms with Gasteiger partial charge in [-0.15, -0.1) is 0 Å². The molecule has 4 heteroatoms. The summed E-state index contributed by atoms with van der Waals surface area (Å²) in [5.74, 6) is -3.48. The average Bonchev–Trinajstić information content (AvgIpc) is 2.39. The number of aldehydes is 1. The number of nitrogens with zero attached hydrogens (tertiary/aromatic N) is 1. The topological polar surface area (TPSA) is 20.3 Å². The van der Waals surface area contributed by atoms with Crippen LogP contribution < -0.4 is 0 Å². The zero-order valence-corrected chi connectivity index (χ0v) is 10.4. The van der Waals surface area contributed by atoms with Crippen molar-refractivity contribution in [1.29, 1.82) is 0 Å². The lowest BCUT2D eigenvalue weighted by atomic mass is 9.86. The highest BCUT2D eigenvalue weighted by Gasteiger charge is 2.42. The molecule has 0 N–H and O–H groups in total. The maximum absolute atomic E-state index is 14.4. The van der Waals surface area contributed by atoms with Gasteiger partial charge in [0.25, 0.3) is 5.92 Å². The SMILES string of the molecule is CN1CCC(C(F)(F)c2cccc(C=O)c2)CC1. The van der Waals surface area contributed by atoms with E-state index in [-0.39, 0.29) is 5.56 Å². The fraction of sp³-hybridized carbons (Fsp3) is 0.500. The van der Waals surface area contributed by atoms with Crippen LogP contribution in [-0.2, 0) is 5.92 Å². The van der Waals surface area contributed by atoms with Crippen LogP contribution in [0.25, 0.3) is 0 Å². The Kier molecular flexibility index (Phi) is 3.76. The Morgan fingerprint density at radius 1 is 1.33 bits per heavy atom. The maximum Gasteiger partial charge on any atom is 0.276 e. The first-order valence-electron chi connectivity index (χ1n) is 6.16. The molecule has 18 heavy (non-hydrogen) atoms. The van der Waals surface area contributed by atoms with Crippen LogP contribution in [0.2, 0.25) is 0 Å². The Hall–Kier alpha value is -1.29. The normalized spacial score (nSPS) is 18.8. The van der Waals surface area contributed by atoms with Crippen molar-refractivity contribution < 1.29 is 13.6 Å². The van der Waals surface area contributed by atoms with Gasteiger partial charge in [0.05, 0.1) is 0 Å². The fourth-order valence-electron chi connectivity index (χ4n) is 2.43. The van der Waals surface area contributed by atoms with Crippen LogP contribution in [0.4, 0.5) is 8.78 Å². The van der Waals surface area contributed by atoms with Crippen molar-refractivity contribution in [3.63, 3.8) is 0 Å². The second kappa shape index (κ2) is 5.14. The van der Waals surface area contributed by atoms with Crippen LogP contribution in [0.1, 0.15) is 28.8 Å². The molecule has 1 aliphatic rings. The largest absolute Gasteiger partial charge is 0.306 e. The van der Waals surface area contributed by atoms with E-state index < -0.39 is 11.8 Å². The van der Waals surface area contributed by atoms with Gasteiger partial charge in [0.1, 0.15) is 6.29 Å². The van der Waals surface area contributed by atoms with E-state index >= 15 is 0 Å². The average molecular weight is 253 g/mol. The molecule has 0 aromatic heterocycles. The third-order valence-electron chi connectivity index (χ3n) is 3.64. The number of halogens is 2. The molecular formula is C14H17F2NO. The second-order valence-corrected chi connectivity index (χ2v) is 4.94. The summed E-state index contributed by atoms with van der Waals surface area (Å²) in [6, 6.07) is 5.76. The molecule has 98 valence electrons. The predicted octanol–water partition coefficient (Wildman–Crippen LogP) is 2.93. The Morgan fingerprint density at radius 3 is 2.61 bits per heavy atom. The van der Waals surface area contributed by atoms with E-state index in [1.54, 1.807) is 6.07 Å². The fourth-order valence-corrected chi connectivity index (χ4v) is 2.43. The number of piperidine rings is 1. The van der Waals surface area contributed by atoms with Gasteiger partial charge < -0.3 is 4.90 Å². The molecule has 0 radical (unpaired) electrons. The van der Waals surface area contributed by atoms with Gasteiger partial charge in [-0.25, -0.2) is 8.78 Å². The van der Waals surface area contributed by atoms with Crippen molar-refractivity contribution >= 4 is 6.29 Å². The first-order chi connectivity index (χ1) is 8.54. The quantitative estimate of drug-likeness (QED) is 0.772. The van der Waals surface area contributed by atoms with Gasteiger partial charge in [0, 0.05) is 17.0 Å². The standard InChI is InChI=1S/C14H17F2NO/c1-17-7-5-12(6-8-17)14(15,16)13-4-2-3-11(9-13)10-18/h2-4,9-10,12H,5-8H2,1H3. The third-order valence-corrected chi connectivity index (χ3v) is 3.64. The van der Waals surface area contributed by atoms with Gasteiger partial charge in [0.2, 0.25) is 0 Å². The lowest BCUT2D eigenvalue weighted by Crippen LogP contribution is -2.37. The number of benzene rings is 1. The summed E-state index contributed by atoms with van der Waals surface area (Å²) in [6.07, 6.45) is 1.60. The molecule has 1 aliphatic heterocycles. The van der Waals surface area contributed by atoms with E-state index in [2.05, 4.69) is 4.90 Å². The van der Waals surface area contributed by atoms with Gasteiger partial charge in [0.15, 0.2) is 0 Å². The summed E-state index contributed by atoms with van der Waals surface area (Å²) in [4.78, 5) is 12.7. The van der Waals surface area contributed by atoms with Crippen molar-refractivity contribution in [2.24, 2.45) is 5.92 Å². The van der Waals surface area contributed by atoms with Gasteiger partial charge in [-0.1, -0.05) is 18.2 Å². The molecule has 0 bridgehead atoms. The second-order valence-electron chi connectivity index (χ2n) is 4.94. The summed E-state index contributed by atoms with van der Waals surface area (Å²) < 4.78 is 28.7. The highest BCUT2D eigenvalue weighted by atomic mass is 19.3. The van der Waals surface area contributed by atoms with Crippen molar-refractivity contribution in [3.8, 4) is 0 Å². The molecule has 0 amide bonds. The van der Waals surface area contributed by atoms with Crippen LogP contribution >= 0.6 is 0 Å². The Balaban J connectivity index is 2.21. The molecule has 0 saturated carbocycles. The molecule has 1 fully saturated rings. The Bertz CT molecular complexity index is 426. The Morgan fingerprint density at radius 2 is 2.00 bits per heavy atom. The van der Waals surface area contributed by atoms with E-state index in [1.165, 1.54) is 18.2 Å². The van der Waals surface area contributed by atoms with E-state index in [0.29, 0.717) is 37.8 Å². The molecule has 1 aromatic carbocycles. The van der Waals surface area contributed by atoms with Crippen LogP contribution in [0.5, 0.6) is 0 Å². The zero-order chi connectivity index (χ0) is 13.2. The zero-order valence-electron chi connectivity index (χ0n) is 10.4. The highest BCUT2D eigenvalue weighted by molar-refractivity contribution is 5.75. The third kappa shape index (κ3) is 2.58. The van der Waals surface area contributed by atoms with Crippen LogP contribution in [0.3, 0.4) is 0 Å². The lowest BCUT2D eigenvalue weighted by molar-refractivity contribution is -0.0837. The van der Waals surface area contributed by atoms with Gasteiger partial charge in [-0.2, -0.15) is 0 Å². The maximum atomic E-state index is 14.4. The molecule has 2 rings (SSSR count). The van der Waals surface area contributed by atoms with E-state index in [4.69, 9.17) is 0 Å². The number of hydrogen-bond acceptors (Lipinski definition) is 2. The number of hydrogen-bond donors (Lipinski definition) is 0. The highest BCUT2D eigenvalue weighted by Crippen LogP contribution is 2.41. The van der Waals surface area contributed by atoms with Crippen LogP contribution in [0.15, 0.2) is 24.3 Å². The first-order valence-corrected chi connectivity index (χ1v) is 6.16. The summed E-state index contributed by atoms with van der Waals surface area (Å²) >= 11 is 0. The van der Waals surface area contributed by atoms with Crippen molar-refractivity contribution in [2.75, 3.05) is 20.1 Å². The molecule has 0 spiro atoms. The van der Waals surface area contributed by atoms with Gasteiger partial charge >= 0.3 is 0 Å². The van der Waals surface area contributed by atoms with Crippen molar-refractivity contribution in [3.05, 3.63) is 35.4 Å². The number of rotatable bonds is 3. The summed E-state index contributed by atoms with van der Waals surface area (Å²) in [5, 5.41) is 0. The molecule has 0 aliphatic carbocycles. The number of likely N-dealkylation sites (tertiary alicyclic amines) is 1. The van der Waals surface area contributed by atoms with E-state index in [1.807, 2.05) is 7.05 Å². The van der Waals surface area contributed by atoms with Crippen LogP contribution in [-0.4, -0.2) is 31.3 Å². The molecule has 2 nitrogen and oxygen atoms in total. The number of carbonyl (C=O) groups excluding carboxylic acids is 1. The number of carbonyl (C=O) groups is 1. The minimum absolute atomic E-state index is 0.0401. The summed E-state index contributed by atoms with van der Waals surface area (Å²) in [5.41, 5.74) is 0.266. The molecule has 0 unspecified atom stereocenters. The lowest BCUT2D eigenvalue weighted by Gasteiger charge is -2.34. The summed E-state index contributed by atoms with van der Waals surface area (Å²) in [6.45, 7) is 1.40. The molecule has 1 aromatic rings. The summed E-state index contributed by atoms with van der Waals surface area (Å²) in [7, 11) is 1.95. The smallest absolute Gasteiger partial charge is 0.276 e. The van der Waals surface area contributed by atoms with Gasteiger partial charge in [-0.05, 0) is 39.0 Å².